The van der Waals surface area contributed by atoms with Gasteiger partial charge in [-0.05, 0) is 34.1 Å². The third-order valence-electron chi connectivity index (χ3n) is 3.30. The second-order valence-corrected chi connectivity index (χ2v) is 7.10. The van der Waals surface area contributed by atoms with Crippen LogP contribution in [0.25, 0.3) is 0 Å². The molecule has 0 unspecified atom stereocenters. The maximum absolute atomic E-state index is 4.46. The lowest BCUT2D eigenvalue weighted by Crippen LogP contribution is -2.12. The molecule has 0 aliphatic heterocycles. The van der Waals surface area contributed by atoms with E-state index in [2.05, 4.69) is 71.3 Å². The van der Waals surface area contributed by atoms with Crippen LogP contribution in [0.4, 0.5) is 0 Å². The number of hydrogen-bond donors (Lipinski definition) is 0. The molecule has 0 spiro atoms. The van der Waals surface area contributed by atoms with Crippen LogP contribution in [0, 0.1) is 5.41 Å². The Hall–Kier alpha value is -1.37. The van der Waals surface area contributed by atoms with Crippen molar-refractivity contribution in [2.75, 3.05) is 0 Å². The van der Waals surface area contributed by atoms with Crippen molar-refractivity contribution in [3.63, 3.8) is 0 Å². The van der Waals surface area contributed by atoms with E-state index in [4.69, 9.17) is 0 Å². The van der Waals surface area contributed by atoms with E-state index in [0.717, 1.165) is 12.1 Å². The summed E-state index contributed by atoms with van der Waals surface area (Å²) in [6.07, 6.45) is 6.96. The highest BCUT2D eigenvalue weighted by Gasteiger charge is 2.15. The molecule has 0 aliphatic rings. The standard InChI is InChI=1S/C18H27N/c1-8-14(17(2,3)4)9-10-16-13-15(11-12-19-16)18(5,6)7/h8-9,11-13H,1,10H2,2-7H3/b14-9+. The fourth-order valence-corrected chi connectivity index (χ4v) is 1.97. The lowest BCUT2D eigenvalue weighted by atomic mass is 9.85. The van der Waals surface area contributed by atoms with Gasteiger partial charge in [-0.25, -0.2) is 0 Å². The Morgan fingerprint density at radius 3 is 2.32 bits per heavy atom. The molecule has 0 fully saturated rings. The van der Waals surface area contributed by atoms with Crippen molar-refractivity contribution in [2.24, 2.45) is 5.41 Å². The Bertz CT molecular complexity index is 467. The maximum Gasteiger partial charge on any atom is 0.0444 e. The molecule has 0 saturated heterocycles. The van der Waals surface area contributed by atoms with Crippen LogP contribution in [0.3, 0.4) is 0 Å². The molecule has 0 saturated carbocycles. The predicted octanol–water partition coefficient (Wildman–Crippen LogP) is 5.08. The summed E-state index contributed by atoms with van der Waals surface area (Å²) >= 11 is 0. The third kappa shape index (κ3) is 4.66. The van der Waals surface area contributed by atoms with Crippen LogP contribution < -0.4 is 0 Å². The summed E-state index contributed by atoms with van der Waals surface area (Å²) in [7, 11) is 0. The summed E-state index contributed by atoms with van der Waals surface area (Å²) in [6, 6.07) is 4.31. The van der Waals surface area contributed by atoms with Crippen molar-refractivity contribution < 1.29 is 0 Å². The van der Waals surface area contributed by atoms with E-state index in [1.54, 1.807) is 0 Å². The van der Waals surface area contributed by atoms with Crippen LogP contribution in [0.1, 0.15) is 52.8 Å². The van der Waals surface area contributed by atoms with Gasteiger partial charge in [0.25, 0.3) is 0 Å². The lowest BCUT2D eigenvalue weighted by Gasteiger charge is -2.21. The summed E-state index contributed by atoms with van der Waals surface area (Å²) in [5.74, 6) is 0. The number of hydrogen-bond acceptors (Lipinski definition) is 1. The van der Waals surface area contributed by atoms with Crippen molar-refractivity contribution >= 4 is 0 Å². The van der Waals surface area contributed by atoms with Gasteiger partial charge in [-0.3, -0.25) is 4.98 Å². The molecular weight excluding hydrogens is 230 g/mol. The zero-order valence-electron chi connectivity index (χ0n) is 13.2. The van der Waals surface area contributed by atoms with E-state index >= 15 is 0 Å². The monoisotopic (exact) mass is 257 g/mol. The molecule has 0 aromatic carbocycles. The van der Waals surface area contributed by atoms with Crippen molar-refractivity contribution in [1.82, 2.24) is 4.98 Å². The van der Waals surface area contributed by atoms with Gasteiger partial charge in [0.1, 0.15) is 0 Å². The van der Waals surface area contributed by atoms with Crippen molar-refractivity contribution in [2.45, 2.75) is 53.4 Å². The van der Waals surface area contributed by atoms with E-state index in [9.17, 15) is 0 Å². The maximum atomic E-state index is 4.46. The summed E-state index contributed by atoms with van der Waals surface area (Å²) in [5.41, 5.74) is 4.05. The van der Waals surface area contributed by atoms with Crippen LogP contribution in [0.2, 0.25) is 0 Å². The third-order valence-corrected chi connectivity index (χ3v) is 3.30. The molecule has 1 heterocycles. The molecule has 19 heavy (non-hydrogen) atoms. The molecule has 1 rings (SSSR count). The smallest absolute Gasteiger partial charge is 0.0444 e. The zero-order valence-corrected chi connectivity index (χ0v) is 13.2. The van der Waals surface area contributed by atoms with Gasteiger partial charge in [0.2, 0.25) is 0 Å². The number of nitrogens with zero attached hydrogens (tertiary/aromatic N) is 1. The Morgan fingerprint density at radius 1 is 1.21 bits per heavy atom. The molecule has 1 nitrogen and oxygen atoms in total. The highest BCUT2D eigenvalue weighted by Crippen LogP contribution is 2.27. The van der Waals surface area contributed by atoms with Gasteiger partial charge in [0.05, 0.1) is 0 Å². The minimum Gasteiger partial charge on any atom is -0.261 e. The molecule has 0 bridgehead atoms. The molecule has 1 aromatic heterocycles. The molecule has 0 amide bonds. The molecule has 1 aromatic rings. The van der Waals surface area contributed by atoms with Crippen LogP contribution >= 0.6 is 0 Å². The van der Waals surface area contributed by atoms with E-state index in [1.165, 1.54) is 11.1 Å². The molecule has 1 heteroatoms. The highest BCUT2D eigenvalue weighted by molar-refractivity contribution is 5.28. The van der Waals surface area contributed by atoms with Gasteiger partial charge in [-0.1, -0.05) is 60.3 Å². The first-order chi connectivity index (χ1) is 8.64. The Kier molecular flexibility index (Phi) is 4.73. The van der Waals surface area contributed by atoms with Gasteiger partial charge in [0.15, 0.2) is 0 Å². The highest BCUT2D eigenvalue weighted by atomic mass is 14.7. The summed E-state index contributed by atoms with van der Waals surface area (Å²) < 4.78 is 0. The topological polar surface area (TPSA) is 12.9 Å². The van der Waals surface area contributed by atoms with E-state index in [1.807, 2.05) is 12.3 Å². The second kappa shape index (κ2) is 5.73. The van der Waals surface area contributed by atoms with E-state index in [-0.39, 0.29) is 10.8 Å². The average Bonchev–Trinajstić information content (AvgIpc) is 2.27. The minimum atomic E-state index is 0.142. The fraction of sp³-hybridized carbons (Fsp3) is 0.500. The Labute approximate surface area is 118 Å². The van der Waals surface area contributed by atoms with Crippen LogP contribution in [0.5, 0.6) is 0 Å². The van der Waals surface area contributed by atoms with Gasteiger partial charge in [-0.15, -0.1) is 0 Å². The van der Waals surface area contributed by atoms with Crippen LogP contribution in [0.15, 0.2) is 42.6 Å². The summed E-state index contributed by atoms with van der Waals surface area (Å²) in [4.78, 5) is 4.46. The largest absolute Gasteiger partial charge is 0.261 e. The first-order valence-corrected chi connectivity index (χ1v) is 6.93. The van der Waals surface area contributed by atoms with E-state index < -0.39 is 0 Å². The lowest BCUT2D eigenvalue weighted by molar-refractivity contribution is 0.515. The minimum absolute atomic E-state index is 0.142. The molecule has 0 N–H and O–H groups in total. The number of pyridine rings is 1. The van der Waals surface area contributed by atoms with Crippen molar-refractivity contribution in [3.8, 4) is 0 Å². The SMILES string of the molecule is C=C/C(=C\Cc1cc(C(C)(C)C)ccn1)C(C)(C)C. The Balaban J connectivity index is 2.95. The average molecular weight is 257 g/mol. The number of rotatable bonds is 3. The van der Waals surface area contributed by atoms with Gasteiger partial charge in [0, 0.05) is 18.3 Å². The number of allylic oxidation sites excluding steroid dienone is 3. The normalized spacial score (nSPS) is 13.5. The van der Waals surface area contributed by atoms with Crippen LogP contribution in [-0.4, -0.2) is 4.98 Å². The van der Waals surface area contributed by atoms with Crippen molar-refractivity contribution in [1.29, 1.82) is 0 Å². The summed E-state index contributed by atoms with van der Waals surface area (Å²) in [6.45, 7) is 17.2. The zero-order chi connectivity index (χ0) is 14.7. The first kappa shape index (κ1) is 15.7. The molecule has 104 valence electrons. The quantitative estimate of drug-likeness (QED) is 0.688. The molecule has 0 aliphatic carbocycles. The summed E-state index contributed by atoms with van der Waals surface area (Å²) in [5, 5.41) is 0. The van der Waals surface area contributed by atoms with Gasteiger partial charge >= 0.3 is 0 Å². The molecular formula is C18H27N. The Morgan fingerprint density at radius 2 is 1.84 bits per heavy atom. The predicted molar refractivity (Wildman–Crippen MR) is 84.4 cm³/mol. The number of aromatic nitrogens is 1. The molecule has 0 radical (unpaired) electrons. The van der Waals surface area contributed by atoms with Crippen molar-refractivity contribution in [3.05, 3.63) is 53.9 Å². The van der Waals surface area contributed by atoms with E-state index in [0.29, 0.717) is 0 Å². The second-order valence-electron chi connectivity index (χ2n) is 7.10. The van der Waals surface area contributed by atoms with Crippen LogP contribution in [-0.2, 0) is 11.8 Å². The first-order valence-electron chi connectivity index (χ1n) is 6.93. The fourth-order valence-electron chi connectivity index (χ4n) is 1.97. The molecule has 0 atom stereocenters. The van der Waals surface area contributed by atoms with Gasteiger partial charge < -0.3 is 0 Å². The van der Waals surface area contributed by atoms with Gasteiger partial charge in [-0.2, -0.15) is 0 Å².